The molecule has 2 heteroatoms. The van der Waals surface area contributed by atoms with Crippen LogP contribution in [0, 0.1) is 18.7 Å². The zero-order chi connectivity index (χ0) is 15.1. The van der Waals surface area contributed by atoms with Crippen molar-refractivity contribution in [2.24, 2.45) is 5.92 Å². The van der Waals surface area contributed by atoms with E-state index in [4.69, 9.17) is 0 Å². The second-order valence-corrected chi connectivity index (χ2v) is 6.56. The van der Waals surface area contributed by atoms with Crippen LogP contribution in [-0.4, -0.2) is 11.4 Å². The van der Waals surface area contributed by atoms with E-state index in [0.717, 1.165) is 29.2 Å². The van der Waals surface area contributed by atoms with E-state index in [9.17, 15) is 4.39 Å². The van der Waals surface area contributed by atoms with Crippen LogP contribution < -0.4 is 0 Å². The first-order chi connectivity index (χ1) is 10.7. The van der Waals surface area contributed by atoms with Crippen LogP contribution in [0.5, 0.6) is 0 Å². The Kier molecular flexibility index (Phi) is 3.25. The van der Waals surface area contributed by atoms with Crippen LogP contribution in [0.1, 0.15) is 29.5 Å². The van der Waals surface area contributed by atoms with Gasteiger partial charge in [0.15, 0.2) is 0 Å². The highest BCUT2D eigenvalue weighted by Gasteiger charge is 2.24. The lowest BCUT2D eigenvalue weighted by Gasteiger charge is -2.26. The number of fused-ring (bicyclic) bond motifs is 1. The van der Waals surface area contributed by atoms with Crippen LogP contribution >= 0.6 is 0 Å². The summed E-state index contributed by atoms with van der Waals surface area (Å²) in [5.74, 6) is 0.716. The van der Waals surface area contributed by atoms with E-state index in [2.05, 4.69) is 35.4 Å². The van der Waals surface area contributed by atoms with Gasteiger partial charge in [0, 0.05) is 13.1 Å². The van der Waals surface area contributed by atoms with Crippen molar-refractivity contribution in [2.45, 2.75) is 26.3 Å². The third kappa shape index (κ3) is 2.66. The highest BCUT2D eigenvalue weighted by Crippen LogP contribution is 2.33. The maximum Gasteiger partial charge on any atom is 0.123 e. The number of hydrogen-bond acceptors (Lipinski definition) is 1. The molecule has 1 nitrogen and oxygen atoms in total. The fourth-order valence-corrected chi connectivity index (χ4v) is 3.19. The third-order valence-corrected chi connectivity index (χ3v) is 4.68. The number of hydrogen-bond donors (Lipinski definition) is 0. The van der Waals surface area contributed by atoms with Gasteiger partial charge < -0.3 is 4.90 Å². The van der Waals surface area contributed by atoms with Gasteiger partial charge >= 0.3 is 0 Å². The largest absolute Gasteiger partial charge is 0.373 e. The third-order valence-electron chi connectivity index (χ3n) is 4.68. The maximum atomic E-state index is 13.6. The number of benzene rings is 2. The summed E-state index contributed by atoms with van der Waals surface area (Å²) in [5, 5.41) is 0. The summed E-state index contributed by atoms with van der Waals surface area (Å²) in [5.41, 5.74) is 5.83. The molecular formula is C20H20FN. The summed E-state index contributed by atoms with van der Waals surface area (Å²) >= 11 is 0. The summed E-state index contributed by atoms with van der Waals surface area (Å²) < 4.78 is 13.6. The lowest BCUT2D eigenvalue weighted by molar-refractivity contribution is 0.351. The number of rotatable bonds is 3. The van der Waals surface area contributed by atoms with Gasteiger partial charge in [0.2, 0.25) is 0 Å². The minimum absolute atomic E-state index is 0.173. The van der Waals surface area contributed by atoms with Crippen molar-refractivity contribution in [3.8, 4) is 11.1 Å². The van der Waals surface area contributed by atoms with Crippen LogP contribution in [-0.2, 0) is 6.54 Å². The fourth-order valence-electron chi connectivity index (χ4n) is 3.19. The van der Waals surface area contributed by atoms with E-state index in [1.807, 2.05) is 13.0 Å². The van der Waals surface area contributed by atoms with Crippen LogP contribution in [0.25, 0.3) is 17.2 Å². The van der Waals surface area contributed by atoms with E-state index >= 15 is 0 Å². The molecule has 1 aliphatic carbocycles. The molecule has 0 atom stereocenters. The Labute approximate surface area is 131 Å². The Morgan fingerprint density at radius 3 is 2.82 bits per heavy atom. The van der Waals surface area contributed by atoms with Crippen LogP contribution in [0.2, 0.25) is 0 Å². The minimum atomic E-state index is -0.173. The molecule has 1 aliphatic heterocycles. The Bertz CT molecular complexity index is 743. The van der Waals surface area contributed by atoms with E-state index < -0.39 is 0 Å². The van der Waals surface area contributed by atoms with Crippen LogP contribution in [0.3, 0.4) is 0 Å². The standard InChI is InChI=1S/C20H20FN/c1-14-2-7-19(21)11-20(14)17-6-5-16-8-9-22(12-15-3-4-15)13-18(16)10-17/h2,5-11,15H,3-4,12-13H2,1H3. The molecule has 4 rings (SSSR count). The summed E-state index contributed by atoms with van der Waals surface area (Å²) in [6, 6.07) is 11.5. The Balaban J connectivity index is 1.66. The molecule has 2 aromatic rings. The quantitative estimate of drug-likeness (QED) is 0.770. The highest BCUT2D eigenvalue weighted by molar-refractivity contribution is 5.71. The van der Waals surface area contributed by atoms with Gasteiger partial charge in [-0.05, 0) is 84.0 Å². The molecule has 0 radical (unpaired) electrons. The molecular weight excluding hydrogens is 273 g/mol. The summed E-state index contributed by atoms with van der Waals surface area (Å²) in [4.78, 5) is 2.40. The minimum Gasteiger partial charge on any atom is -0.373 e. The Hall–Kier alpha value is -2.09. The van der Waals surface area contributed by atoms with E-state index in [-0.39, 0.29) is 5.82 Å². The Morgan fingerprint density at radius 1 is 1.14 bits per heavy atom. The SMILES string of the molecule is Cc1ccc(F)cc1-c1ccc2c(c1)CN(CC1CC1)C=C2. The predicted molar refractivity (Wildman–Crippen MR) is 88.7 cm³/mol. The van der Waals surface area contributed by atoms with Crippen LogP contribution in [0.4, 0.5) is 4.39 Å². The van der Waals surface area contributed by atoms with E-state index in [0.29, 0.717) is 0 Å². The first-order valence-corrected chi connectivity index (χ1v) is 8.01. The first-order valence-electron chi connectivity index (χ1n) is 8.01. The molecule has 0 spiro atoms. The monoisotopic (exact) mass is 293 g/mol. The van der Waals surface area contributed by atoms with Crippen molar-refractivity contribution in [3.05, 3.63) is 65.1 Å². The second-order valence-electron chi connectivity index (χ2n) is 6.56. The molecule has 0 saturated heterocycles. The molecule has 0 amide bonds. The number of nitrogens with zero attached hydrogens (tertiary/aromatic N) is 1. The first kappa shape index (κ1) is 13.6. The van der Waals surface area contributed by atoms with Gasteiger partial charge in [-0.25, -0.2) is 4.39 Å². The number of halogens is 1. The van der Waals surface area contributed by atoms with Crippen molar-refractivity contribution in [1.29, 1.82) is 0 Å². The smallest absolute Gasteiger partial charge is 0.123 e. The van der Waals surface area contributed by atoms with Crippen LogP contribution in [0.15, 0.2) is 42.6 Å². The molecule has 1 saturated carbocycles. The molecule has 0 unspecified atom stereocenters. The van der Waals surface area contributed by atoms with Gasteiger partial charge in [0.1, 0.15) is 5.82 Å². The molecule has 1 heterocycles. The summed E-state index contributed by atoms with van der Waals surface area (Å²) in [7, 11) is 0. The van der Waals surface area contributed by atoms with Gasteiger partial charge in [0.05, 0.1) is 0 Å². The fraction of sp³-hybridized carbons (Fsp3) is 0.300. The predicted octanol–water partition coefficient (Wildman–Crippen LogP) is 5.00. The van der Waals surface area contributed by atoms with Gasteiger partial charge in [-0.1, -0.05) is 18.2 Å². The molecule has 22 heavy (non-hydrogen) atoms. The van der Waals surface area contributed by atoms with Crippen molar-refractivity contribution < 1.29 is 4.39 Å². The van der Waals surface area contributed by atoms with E-state index in [1.54, 1.807) is 6.07 Å². The molecule has 0 bridgehead atoms. The van der Waals surface area contributed by atoms with Gasteiger partial charge in [-0.15, -0.1) is 0 Å². The van der Waals surface area contributed by atoms with E-state index in [1.165, 1.54) is 36.6 Å². The topological polar surface area (TPSA) is 3.24 Å². The molecule has 112 valence electrons. The van der Waals surface area contributed by atoms with Crippen molar-refractivity contribution >= 4 is 6.08 Å². The lowest BCUT2D eigenvalue weighted by atomic mass is 9.95. The molecule has 2 aromatic carbocycles. The maximum absolute atomic E-state index is 13.6. The Morgan fingerprint density at radius 2 is 2.00 bits per heavy atom. The van der Waals surface area contributed by atoms with Gasteiger partial charge in [0.25, 0.3) is 0 Å². The average Bonchev–Trinajstić information content (AvgIpc) is 3.33. The number of aryl methyl sites for hydroxylation is 1. The summed E-state index contributed by atoms with van der Waals surface area (Å²) in [6.45, 7) is 4.16. The molecule has 0 N–H and O–H groups in total. The molecule has 0 aromatic heterocycles. The van der Waals surface area contributed by atoms with Gasteiger partial charge in [-0.2, -0.15) is 0 Å². The summed E-state index contributed by atoms with van der Waals surface area (Å²) in [6.07, 6.45) is 7.16. The zero-order valence-corrected chi connectivity index (χ0v) is 12.8. The van der Waals surface area contributed by atoms with Crippen molar-refractivity contribution in [1.82, 2.24) is 4.90 Å². The molecule has 1 fully saturated rings. The van der Waals surface area contributed by atoms with Gasteiger partial charge in [-0.3, -0.25) is 0 Å². The lowest BCUT2D eigenvalue weighted by Crippen LogP contribution is -2.22. The van der Waals surface area contributed by atoms with Crippen molar-refractivity contribution in [2.75, 3.05) is 6.54 Å². The van der Waals surface area contributed by atoms with Crippen molar-refractivity contribution in [3.63, 3.8) is 0 Å². The normalized spacial score (nSPS) is 16.7. The highest BCUT2D eigenvalue weighted by atomic mass is 19.1. The second kappa shape index (κ2) is 5.28. The zero-order valence-electron chi connectivity index (χ0n) is 12.8. The molecule has 2 aliphatic rings. The average molecular weight is 293 g/mol.